The second-order valence-electron chi connectivity index (χ2n) is 4.14. The van der Waals surface area contributed by atoms with Gasteiger partial charge in [0.05, 0.1) is 0 Å². The molecule has 3 atom stereocenters. The number of ketones is 1. The highest BCUT2D eigenvalue weighted by atomic mass is 16.1. The Morgan fingerprint density at radius 1 is 1.21 bits per heavy atom. The number of Topliss-reactive ketones (excluding diaryl/α,β-unsaturated/α-hetero) is 1. The molecule has 0 bridgehead atoms. The molecular weight excluding hydrogens is 172 g/mol. The summed E-state index contributed by atoms with van der Waals surface area (Å²) in [7, 11) is 0. The first-order chi connectivity index (χ1) is 6.75. The maximum absolute atomic E-state index is 11.6. The third kappa shape index (κ3) is 1.28. The predicted octanol–water partition coefficient (Wildman–Crippen LogP) is 3.02. The van der Waals surface area contributed by atoms with Crippen LogP contribution >= 0.6 is 0 Å². The van der Waals surface area contributed by atoms with Crippen LogP contribution in [0.1, 0.15) is 31.7 Å². The fraction of sp³-hybridized carbons (Fsp3) is 0.462. The first-order valence-corrected chi connectivity index (χ1v) is 5.34. The van der Waals surface area contributed by atoms with Gasteiger partial charge in [-0.25, -0.2) is 0 Å². The first-order valence-electron chi connectivity index (χ1n) is 5.34. The van der Waals surface area contributed by atoms with E-state index in [1.807, 2.05) is 13.0 Å². The minimum Gasteiger partial charge on any atom is -0.299 e. The van der Waals surface area contributed by atoms with Crippen molar-refractivity contribution in [2.24, 2.45) is 11.8 Å². The molecule has 0 aliphatic heterocycles. The molecule has 0 N–H and O–H groups in total. The van der Waals surface area contributed by atoms with E-state index < -0.39 is 0 Å². The van der Waals surface area contributed by atoms with Gasteiger partial charge in [-0.2, -0.15) is 0 Å². The topological polar surface area (TPSA) is 17.1 Å². The van der Waals surface area contributed by atoms with E-state index in [-0.39, 0.29) is 11.8 Å². The summed E-state index contributed by atoms with van der Waals surface area (Å²) in [6, 6.07) is 10.4. The smallest absolute Gasteiger partial charge is 0.140 e. The van der Waals surface area contributed by atoms with E-state index in [0.29, 0.717) is 11.7 Å². The van der Waals surface area contributed by atoms with E-state index in [9.17, 15) is 4.79 Å². The molecule has 1 aliphatic rings. The summed E-state index contributed by atoms with van der Waals surface area (Å²) in [6.07, 6.45) is 0.975. The predicted molar refractivity (Wildman–Crippen MR) is 57.1 cm³/mol. The van der Waals surface area contributed by atoms with Crippen molar-refractivity contribution in [3.05, 3.63) is 35.9 Å². The van der Waals surface area contributed by atoms with Crippen LogP contribution < -0.4 is 0 Å². The zero-order chi connectivity index (χ0) is 10.1. The lowest BCUT2D eigenvalue weighted by Gasteiger charge is -2.41. The lowest BCUT2D eigenvalue weighted by atomic mass is 9.61. The molecule has 1 aromatic carbocycles. The zero-order valence-electron chi connectivity index (χ0n) is 8.73. The average molecular weight is 188 g/mol. The molecule has 2 rings (SSSR count). The van der Waals surface area contributed by atoms with Gasteiger partial charge in [-0.1, -0.05) is 44.2 Å². The van der Waals surface area contributed by atoms with Gasteiger partial charge in [-0.3, -0.25) is 4.79 Å². The Balaban J connectivity index is 2.23. The second-order valence-corrected chi connectivity index (χ2v) is 4.14. The molecule has 1 fully saturated rings. The summed E-state index contributed by atoms with van der Waals surface area (Å²) < 4.78 is 0. The number of hydrogen-bond acceptors (Lipinski definition) is 1. The molecule has 0 spiro atoms. The molecule has 1 saturated carbocycles. The molecule has 1 aliphatic carbocycles. The zero-order valence-corrected chi connectivity index (χ0v) is 8.73. The van der Waals surface area contributed by atoms with E-state index in [0.717, 1.165) is 6.42 Å². The molecule has 0 saturated heterocycles. The van der Waals surface area contributed by atoms with Crippen LogP contribution in [0.3, 0.4) is 0 Å². The Morgan fingerprint density at radius 2 is 1.86 bits per heavy atom. The van der Waals surface area contributed by atoms with Gasteiger partial charge in [0.2, 0.25) is 0 Å². The third-order valence-electron chi connectivity index (χ3n) is 3.41. The summed E-state index contributed by atoms with van der Waals surface area (Å²) in [4.78, 5) is 11.6. The van der Waals surface area contributed by atoms with Crippen molar-refractivity contribution >= 4 is 5.78 Å². The fourth-order valence-corrected chi connectivity index (χ4v) is 2.57. The van der Waals surface area contributed by atoms with Crippen LogP contribution in [-0.2, 0) is 4.79 Å². The molecular formula is C13H16O. The van der Waals surface area contributed by atoms with Crippen LogP contribution in [-0.4, -0.2) is 5.78 Å². The molecule has 14 heavy (non-hydrogen) atoms. The Hall–Kier alpha value is -1.11. The number of carbonyl (C=O) groups is 1. The molecule has 74 valence electrons. The van der Waals surface area contributed by atoms with Crippen LogP contribution in [0.4, 0.5) is 0 Å². The number of benzene rings is 1. The fourth-order valence-electron chi connectivity index (χ4n) is 2.57. The van der Waals surface area contributed by atoms with E-state index in [1.165, 1.54) is 5.56 Å². The van der Waals surface area contributed by atoms with Gasteiger partial charge in [-0.05, 0) is 12.0 Å². The van der Waals surface area contributed by atoms with Crippen molar-refractivity contribution < 1.29 is 4.79 Å². The summed E-state index contributed by atoms with van der Waals surface area (Å²) in [5.74, 6) is 1.41. The minimum atomic E-state index is 0.224. The summed E-state index contributed by atoms with van der Waals surface area (Å²) in [5.41, 5.74) is 1.33. The Kier molecular flexibility index (Phi) is 2.40. The molecule has 3 unspecified atom stereocenters. The van der Waals surface area contributed by atoms with Gasteiger partial charge in [0.25, 0.3) is 0 Å². The molecule has 0 heterocycles. The molecule has 0 radical (unpaired) electrons. The first kappa shape index (κ1) is 9.45. The van der Waals surface area contributed by atoms with E-state index in [1.54, 1.807) is 0 Å². The molecule has 1 heteroatoms. The normalized spacial score (nSPS) is 31.3. The molecule has 1 aromatic rings. The maximum atomic E-state index is 11.6. The van der Waals surface area contributed by atoms with Crippen LogP contribution in [0.5, 0.6) is 0 Å². The number of hydrogen-bond donors (Lipinski definition) is 0. The van der Waals surface area contributed by atoms with Crippen molar-refractivity contribution in [1.29, 1.82) is 0 Å². The highest BCUT2D eigenvalue weighted by Crippen LogP contribution is 2.45. The lowest BCUT2D eigenvalue weighted by molar-refractivity contribution is -0.137. The third-order valence-corrected chi connectivity index (χ3v) is 3.41. The summed E-state index contributed by atoms with van der Waals surface area (Å²) in [6.45, 7) is 4.15. The monoisotopic (exact) mass is 188 g/mol. The largest absolute Gasteiger partial charge is 0.299 e. The average Bonchev–Trinajstić information content (AvgIpc) is 2.25. The summed E-state index contributed by atoms with van der Waals surface area (Å²) >= 11 is 0. The van der Waals surface area contributed by atoms with Crippen molar-refractivity contribution in [1.82, 2.24) is 0 Å². The Bertz CT molecular complexity index is 328. The van der Waals surface area contributed by atoms with Gasteiger partial charge >= 0.3 is 0 Å². The standard InChI is InChI=1S/C13H16O/c1-3-11-12(9(2)13(11)14)10-7-5-4-6-8-10/h4-9,11-12H,3H2,1-2H3. The number of carbonyl (C=O) groups excluding carboxylic acids is 1. The molecule has 1 nitrogen and oxygen atoms in total. The minimum absolute atomic E-state index is 0.224. The summed E-state index contributed by atoms with van der Waals surface area (Å²) in [5, 5.41) is 0. The van der Waals surface area contributed by atoms with Gasteiger partial charge in [0.15, 0.2) is 0 Å². The molecule has 0 amide bonds. The van der Waals surface area contributed by atoms with Crippen molar-refractivity contribution in [2.75, 3.05) is 0 Å². The highest BCUT2D eigenvalue weighted by Gasteiger charge is 2.45. The number of rotatable bonds is 2. The van der Waals surface area contributed by atoms with Crippen LogP contribution in [0.25, 0.3) is 0 Å². The van der Waals surface area contributed by atoms with Gasteiger partial charge in [0.1, 0.15) is 5.78 Å². The van der Waals surface area contributed by atoms with Crippen molar-refractivity contribution in [2.45, 2.75) is 26.2 Å². The Labute approximate surface area is 85.1 Å². The van der Waals surface area contributed by atoms with E-state index in [4.69, 9.17) is 0 Å². The van der Waals surface area contributed by atoms with Gasteiger partial charge in [0, 0.05) is 17.8 Å². The van der Waals surface area contributed by atoms with Gasteiger partial charge in [-0.15, -0.1) is 0 Å². The van der Waals surface area contributed by atoms with Crippen molar-refractivity contribution in [3.8, 4) is 0 Å². The Morgan fingerprint density at radius 3 is 2.43 bits per heavy atom. The van der Waals surface area contributed by atoms with E-state index in [2.05, 4.69) is 31.2 Å². The maximum Gasteiger partial charge on any atom is 0.140 e. The SMILES string of the molecule is CCC1C(=O)C(C)C1c1ccccc1. The van der Waals surface area contributed by atoms with Crippen molar-refractivity contribution in [3.63, 3.8) is 0 Å². The second kappa shape index (κ2) is 3.56. The van der Waals surface area contributed by atoms with Crippen LogP contribution in [0, 0.1) is 11.8 Å². The van der Waals surface area contributed by atoms with Gasteiger partial charge < -0.3 is 0 Å². The lowest BCUT2D eigenvalue weighted by Crippen LogP contribution is -2.43. The van der Waals surface area contributed by atoms with E-state index >= 15 is 0 Å². The van der Waals surface area contributed by atoms with Crippen LogP contribution in [0.2, 0.25) is 0 Å². The molecule has 0 aromatic heterocycles. The highest BCUT2D eigenvalue weighted by molar-refractivity contribution is 5.91. The quantitative estimate of drug-likeness (QED) is 0.697. The van der Waals surface area contributed by atoms with Crippen LogP contribution in [0.15, 0.2) is 30.3 Å².